The maximum atomic E-state index is 11.2. The molecule has 0 aromatic heterocycles. The monoisotopic (exact) mass is 349 g/mol. The highest BCUT2D eigenvalue weighted by atomic mass is 32.2. The summed E-state index contributed by atoms with van der Waals surface area (Å²) in [7, 11) is -4.39. The van der Waals surface area contributed by atoms with Crippen LogP contribution >= 0.6 is 0 Å². The summed E-state index contributed by atoms with van der Waals surface area (Å²) >= 11 is 0. The van der Waals surface area contributed by atoms with Crippen LogP contribution in [0.5, 0.6) is 0 Å². The number of carbonyl (C=O) groups is 3. The summed E-state index contributed by atoms with van der Waals surface area (Å²) in [6.07, 6.45) is 2.98. The Hall–Kier alpha value is -1.54. The van der Waals surface area contributed by atoms with E-state index in [2.05, 4.69) is 0 Å². The lowest BCUT2D eigenvalue weighted by Gasteiger charge is -2.14. The van der Waals surface area contributed by atoms with Crippen LogP contribution in [0.25, 0.3) is 0 Å². The number of nitrogens with zero attached hydrogens (tertiary/aromatic N) is 1. The van der Waals surface area contributed by atoms with Crippen LogP contribution in [0.15, 0.2) is 12.2 Å². The number of imide groups is 1. The predicted molar refractivity (Wildman–Crippen MR) is 88.4 cm³/mol. The molecule has 0 saturated carbocycles. The van der Waals surface area contributed by atoms with Crippen molar-refractivity contribution in [3.8, 4) is 0 Å². The highest BCUT2D eigenvalue weighted by Gasteiger charge is 2.28. The maximum absolute atomic E-state index is 11.2. The van der Waals surface area contributed by atoms with Gasteiger partial charge in [0.25, 0.3) is 21.9 Å². The molecule has 8 heteroatoms. The molecule has 1 unspecified atom stereocenters. The van der Waals surface area contributed by atoms with Gasteiger partial charge in [-0.3, -0.25) is 23.8 Å². The average Bonchev–Trinajstić information content (AvgIpc) is 2.81. The molecule has 1 N–H and O–H groups in total. The second-order valence-electron chi connectivity index (χ2n) is 4.27. The molecule has 1 heterocycles. The normalized spacial score (nSPS) is 14.6. The first-order chi connectivity index (χ1) is 10.7. The topological polar surface area (TPSA) is 109 Å². The summed E-state index contributed by atoms with van der Waals surface area (Å²) in [5, 5.41) is -1.43. The van der Waals surface area contributed by atoms with Gasteiger partial charge >= 0.3 is 0 Å². The van der Waals surface area contributed by atoms with Gasteiger partial charge in [0, 0.05) is 18.7 Å². The smallest absolute Gasteiger partial charge is 0.274 e. The molecule has 1 aliphatic heterocycles. The zero-order valence-electron chi connectivity index (χ0n) is 14.4. The molecule has 0 aromatic rings. The minimum Gasteiger partial charge on any atom is -0.298 e. The van der Waals surface area contributed by atoms with Gasteiger partial charge in [-0.05, 0) is 26.2 Å². The third-order valence-corrected chi connectivity index (χ3v) is 4.10. The molecule has 23 heavy (non-hydrogen) atoms. The Bertz CT molecular complexity index is 506. The number of amides is 2. The van der Waals surface area contributed by atoms with Crippen LogP contribution in [-0.2, 0) is 24.5 Å². The van der Waals surface area contributed by atoms with E-state index in [1.807, 2.05) is 27.7 Å². The van der Waals surface area contributed by atoms with E-state index in [1.54, 1.807) is 0 Å². The molecule has 0 aromatic carbocycles. The van der Waals surface area contributed by atoms with Crippen LogP contribution in [0.4, 0.5) is 0 Å². The SMILES string of the molecule is CC.CC.CC(=O)C(CCCCN1C(=O)C=CC1=O)S(=O)(=O)O. The standard InChI is InChI=1S/C11H15NO6S.2C2H6/c1-8(13)9(19(16,17)18)4-2-3-7-12-10(14)5-6-11(12)15;2*1-2/h5-6,9H,2-4,7H2,1H3,(H,16,17,18);2*1-2H3. The number of hydrogen-bond acceptors (Lipinski definition) is 5. The lowest BCUT2D eigenvalue weighted by atomic mass is 10.1. The van der Waals surface area contributed by atoms with E-state index < -0.39 is 33.0 Å². The predicted octanol–water partition coefficient (Wildman–Crippen LogP) is 1.98. The first-order valence-corrected chi connectivity index (χ1v) is 9.24. The molecular formula is C15H27NO6S. The summed E-state index contributed by atoms with van der Waals surface area (Å²) in [5.74, 6) is -1.43. The second kappa shape index (κ2) is 12.0. The molecule has 0 radical (unpaired) electrons. The molecule has 0 bridgehead atoms. The third-order valence-electron chi connectivity index (χ3n) is 2.81. The minimum atomic E-state index is -4.39. The van der Waals surface area contributed by atoms with Crippen LogP contribution in [0.2, 0.25) is 0 Å². The van der Waals surface area contributed by atoms with E-state index in [9.17, 15) is 22.8 Å². The van der Waals surface area contributed by atoms with Gasteiger partial charge in [-0.1, -0.05) is 27.7 Å². The Balaban J connectivity index is 0. The Labute approximate surface area is 138 Å². The van der Waals surface area contributed by atoms with E-state index in [4.69, 9.17) is 4.55 Å². The maximum Gasteiger partial charge on any atom is 0.274 e. The lowest BCUT2D eigenvalue weighted by Crippen LogP contribution is -2.31. The summed E-state index contributed by atoms with van der Waals surface area (Å²) in [6.45, 7) is 9.26. The molecule has 1 rings (SSSR count). The first-order valence-electron chi connectivity index (χ1n) is 7.74. The van der Waals surface area contributed by atoms with E-state index in [1.165, 1.54) is 12.2 Å². The van der Waals surface area contributed by atoms with Crippen molar-refractivity contribution in [3.63, 3.8) is 0 Å². The van der Waals surface area contributed by atoms with Crippen LogP contribution in [-0.4, -0.2) is 47.3 Å². The fraction of sp³-hybridized carbons (Fsp3) is 0.667. The molecule has 2 amide bonds. The fourth-order valence-corrected chi connectivity index (χ4v) is 2.70. The van der Waals surface area contributed by atoms with Gasteiger partial charge in [0.05, 0.1) is 0 Å². The molecule has 1 atom stereocenters. The number of Topliss-reactive ketones (excluding diaryl/α,β-unsaturated/α-hetero) is 1. The largest absolute Gasteiger partial charge is 0.298 e. The van der Waals surface area contributed by atoms with E-state index in [0.717, 1.165) is 11.8 Å². The zero-order valence-corrected chi connectivity index (χ0v) is 15.2. The number of unbranched alkanes of at least 4 members (excludes halogenated alkanes) is 1. The molecule has 7 nitrogen and oxygen atoms in total. The van der Waals surface area contributed by atoms with Crippen molar-refractivity contribution in [2.24, 2.45) is 0 Å². The van der Waals surface area contributed by atoms with Crippen molar-refractivity contribution >= 4 is 27.7 Å². The Morgan fingerprint density at radius 3 is 1.87 bits per heavy atom. The van der Waals surface area contributed by atoms with Gasteiger partial charge in [0.2, 0.25) is 0 Å². The number of rotatable bonds is 7. The number of hydrogen-bond donors (Lipinski definition) is 1. The summed E-state index contributed by atoms with van der Waals surface area (Å²) in [5.41, 5.74) is 0. The van der Waals surface area contributed by atoms with Gasteiger partial charge in [0.1, 0.15) is 11.0 Å². The molecule has 134 valence electrons. The molecular weight excluding hydrogens is 322 g/mol. The molecule has 1 aliphatic rings. The second-order valence-corrected chi connectivity index (χ2v) is 5.87. The molecule has 0 saturated heterocycles. The van der Waals surface area contributed by atoms with Crippen LogP contribution in [0.1, 0.15) is 53.9 Å². The Kier molecular flexibility index (Phi) is 12.3. The van der Waals surface area contributed by atoms with Crippen LogP contribution < -0.4 is 0 Å². The van der Waals surface area contributed by atoms with Gasteiger partial charge in [-0.15, -0.1) is 0 Å². The van der Waals surface area contributed by atoms with Gasteiger partial charge in [-0.2, -0.15) is 8.42 Å². The van der Waals surface area contributed by atoms with Crippen LogP contribution in [0, 0.1) is 0 Å². The van der Waals surface area contributed by atoms with Crippen molar-refractivity contribution in [2.45, 2.75) is 59.1 Å². The molecule has 0 spiro atoms. The van der Waals surface area contributed by atoms with Gasteiger partial charge in [-0.25, -0.2) is 0 Å². The summed E-state index contributed by atoms with van der Waals surface area (Å²) in [6, 6.07) is 0. The minimum absolute atomic E-state index is 0.0299. The zero-order chi connectivity index (χ0) is 18.6. The lowest BCUT2D eigenvalue weighted by molar-refractivity contribution is -0.136. The first kappa shape index (κ1) is 23.7. The Morgan fingerprint density at radius 1 is 1.09 bits per heavy atom. The van der Waals surface area contributed by atoms with Crippen LogP contribution in [0.3, 0.4) is 0 Å². The number of ketones is 1. The fourth-order valence-electron chi connectivity index (χ4n) is 1.81. The Morgan fingerprint density at radius 2 is 1.52 bits per heavy atom. The van der Waals surface area contributed by atoms with E-state index in [-0.39, 0.29) is 13.0 Å². The van der Waals surface area contributed by atoms with Crippen molar-refractivity contribution in [1.29, 1.82) is 0 Å². The molecule has 0 fully saturated rings. The highest BCUT2D eigenvalue weighted by Crippen LogP contribution is 2.12. The summed E-state index contributed by atoms with van der Waals surface area (Å²) in [4.78, 5) is 34.5. The van der Waals surface area contributed by atoms with Crippen molar-refractivity contribution in [2.75, 3.05) is 6.54 Å². The number of carbonyl (C=O) groups excluding carboxylic acids is 3. The average molecular weight is 349 g/mol. The molecule has 0 aliphatic carbocycles. The van der Waals surface area contributed by atoms with E-state index >= 15 is 0 Å². The van der Waals surface area contributed by atoms with E-state index in [0.29, 0.717) is 12.8 Å². The van der Waals surface area contributed by atoms with Gasteiger partial charge < -0.3 is 0 Å². The highest BCUT2D eigenvalue weighted by molar-refractivity contribution is 7.87. The van der Waals surface area contributed by atoms with Crippen molar-refractivity contribution in [3.05, 3.63) is 12.2 Å². The van der Waals surface area contributed by atoms with Crippen molar-refractivity contribution in [1.82, 2.24) is 4.90 Å². The van der Waals surface area contributed by atoms with Crippen molar-refractivity contribution < 1.29 is 27.4 Å². The van der Waals surface area contributed by atoms with Gasteiger partial charge in [0.15, 0.2) is 0 Å². The third kappa shape index (κ3) is 8.61. The summed E-state index contributed by atoms with van der Waals surface area (Å²) < 4.78 is 30.7. The quantitative estimate of drug-likeness (QED) is 0.427.